The van der Waals surface area contributed by atoms with Gasteiger partial charge in [-0.05, 0) is 56.6 Å². The lowest BCUT2D eigenvalue weighted by Crippen LogP contribution is -2.40. The van der Waals surface area contributed by atoms with Gasteiger partial charge in [-0.1, -0.05) is 0 Å². The normalized spacial score (nSPS) is 22.9. The highest BCUT2D eigenvalue weighted by atomic mass is 19.1. The van der Waals surface area contributed by atoms with Crippen molar-refractivity contribution in [2.45, 2.75) is 31.2 Å². The number of nitrogens with one attached hydrogen (secondary N) is 1. The number of aromatic amines is 1. The Hall–Kier alpha value is -1.95. The van der Waals surface area contributed by atoms with Crippen LogP contribution in [0.3, 0.4) is 0 Å². The van der Waals surface area contributed by atoms with Gasteiger partial charge in [0, 0.05) is 18.0 Å². The Labute approximate surface area is 126 Å². The van der Waals surface area contributed by atoms with Crippen LogP contribution in [0, 0.1) is 11.6 Å². The first-order valence-electron chi connectivity index (χ1n) is 7.35. The molecule has 0 bridgehead atoms. The second-order valence-electron chi connectivity index (χ2n) is 5.91. The Morgan fingerprint density at radius 1 is 1.36 bits per heavy atom. The van der Waals surface area contributed by atoms with E-state index in [1.165, 1.54) is 12.1 Å². The number of hydrogen-bond acceptors (Lipinski definition) is 3. The van der Waals surface area contributed by atoms with Crippen LogP contribution in [0.2, 0.25) is 0 Å². The smallest absolute Gasteiger partial charge is 0.280 e. The van der Waals surface area contributed by atoms with Gasteiger partial charge in [-0.2, -0.15) is 5.16 Å². The van der Waals surface area contributed by atoms with Crippen LogP contribution in [0.25, 0.3) is 0 Å². The van der Waals surface area contributed by atoms with E-state index >= 15 is 0 Å². The molecule has 6 heteroatoms. The second-order valence-corrected chi connectivity index (χ2v) is 5.91. The van der Waals surface area contributed by atoms with Gasteiger partial charge in [-0.3, -0.25) is 4.79 Å². The molecule has 118 valence electrons. The van der Waals surface area contributed by atoms with Crippen LogP contribution in [0.4, 0.5) is 8.78 Å². The predicted octanol–water partition coefficient (Wildman–Crippen LogP) is 2.67. The van der Waals surface area contributed by atoms with Crippen LogP contribution in [0.5, 0.6) is 0 Å². The molecule has 0 spiro atoms. The quantitative estimate of drug-likeness (QED) is 0.948. The van der Waals surface area contributed by atoms with Gasteiger partial charge >= 0.3 is 0 Å². The first-order valence-corrected chi connectivity index (χ1v) is 7.35. The summed E-state index contributed by atoms with van der Waals surface area (Å²) in [5.74, 6) is -0.0484. The molecule has 1 aliphatic rings. The van der Waals surface area contributed by atoms with Crippen molar-refractivity contribution >= 4 is 0 Å². The summed E-state index contributed by atoms with van der Waals surface area (Å²) in [5.41, 5.74) is 0.134. The van der Waals surface area contributed by atoms with Gasteiger partial charge in [0.2, 0.25) is 0 Å². The molecule has 2 aromatic rings. The molecule has 1 N–H and O–H groups in total. The van der Waals surface area contributed by atoms with E-state index in [4.69, 9.17) is 4.52 Å². The lowest BCUT2D eigenvalue weighted by Gasteiger charge is -2.36. The second kappa shape index (κ2) is 6.04. The van der Waals surface area contributed by atoms with E-state index in [2.05, 4.69) is 10.1 Å². The predicted molar refractivity (Wildman–Crippen MR) is 77.8 cm³/mol. The largest absolute Gasteiger partial charge is 0.383 e. The van der Waals surface area contributed by atoms with Crippen molar-refractivity contribution < 1.29 is 13.3 Å². The average Bonchev–Trinajstić information content (AvgIpc) is 2.92. The van der Waals surface area contributed by atoms with Crippen molar-refractivity contribution in [3.63, 3.8) is 0 Å². The maximum atomic E-state index is 13.8. The number of rotatable bonds is 3. The number of aromatic nitrogens is 1. The first-order chi connectivity index (χ1) is 10.5. The fraction of sp³-hybridized carbons (Fsp3) is 0.438. The van der Waals surface area contributed by atoms with Crippen molar-refractivity contribution in [3.05, 3.63) is 57.6 Å². The standard InChI is InChI=1S/C16H18F2N2O2/c1-20-5-4-10(15-9-16(21)19-22-15)7-13(20)8-11-6-12(17)2-3-14(11)18/h2-3,6,9-10,13H,4-5,7-8H2,1H3,(H,19,21)/t10-,13-/m0/s1. The molecule has 0 radical (unpaired) electrons. The van der Waals surface area contributed by atoms with Crippen molar-refractivity contribution in [2.24, 2.45) is 0 Å². The van der Waals surface area contributed by atoms with E-state index in [9.17, 15) is 13.6 Å². The van der Waals surface area contributed by atoms with Gasteiger partial charge in [-0.25, -0.2) is 8.78 Å². The average molecular weight is 308 g/mol. The fourth-order valence-corrected chi connectivity index (χ4v) is 3.12. The lowest BCUT2D eigenvalue weighted by atomic mass is 9.86. The van der Waals surface area contributed by atoms with E-state index in [0.29, 0.717) is 17.7 Å². The Kier molecular flexibility index (Phi) is 4.11. The van der Waals surface area contributed by atoms with Crippen LogP contribution in [-0.2, 0) is 6.42 Å². The summed E-state index contributed by atoms with van der Waals surface area (Å²) in [6.45, 7) is 0.821. The molecule has 0 amide bonds. The Balaban J connectivity index is 1.77. The van der Waals surface area contributed by atoms with Crippen molar-refractivity contribution in [1.29, 1.82) is 0 Å². The summed E-state index contributed by atoms with van der Waals surface area (Å²) in [4.78, 5) is 13.3. The van der Waals surface area contributed by atoms with Crippen molar-refractivity contribution in [3.8, 4) is 0 Å². The van der Waals surface area contributed by atoms with E-state index < -0.39 is 5.82 Å². The van der Waals surface area contributed by atoms with E-state index in [0.717, 1.165) is 31.5 Å². The zero-order valence-corrected chi connectivity index (χ0v) is 12.3. The number of piperidine rings is 1. The van der Waals surface area contributed by atoms with Crippen LogP contribution < -0.4 is 5.56 Å². The summed E-state index contributed by atoms with van der Waals surface area (Å²) in [6.07, 6.45) is 2.05. The molecular weight excluding hydrogens is 290 g/mol. The third-order valence-corrected chi connectivity index (χ3v) is 4.42. The molecule has 1 aromatic heterocycles. The van der Waals surface area contributed by atoms with Crippen LogP contribution in [0.1, 0.15) is 30.1 Å². The number of H-pyrrole nitrogens is 1. The molecule has 0 aliphatic carbocycles. The Morgan fingerprint density at radius 2 is 2.18 bits per heavy atom. The highest BCUT2D eigenvalue weighted by Crippen LogP contribution is 2.32. The molecule has 2 heterocycles. The maximum absolute atomic E-state index is 13.8. The molecular formula is C16H18F2N2O2. The Morgan fingerprint density at radius 3 is 2.91 bits per heavy atom. The molecule has 1 aliphatic heterocycles. The van der Waals surface area contributed by atoms with E-state index in [1.54, 1.807) is 0 Å². The van der Waals surface area contributed by atoms with Gasteiger partial charge in [-0.15, -0.1) is 0 Å². The summed E-state index contributed by atoms with van der Waals surface area (Å²) in [5, 5.41) is 2.30. The van der Waals surface area contributed by atoms with Gasteiger partial charge in [0.25, 0.3) is 5.56 Å². The van der Waals surface area contributed by atoms with Crippen LogP contribution in [-0.4, -0.2) is 29.7 Å². The maximum Gasteiger partial charge on any atom is 0.280 e. The summed E-state index contributed by atoms with van der Waals surface area (Å²) in [6, 6.07) is 5.09. The highest BCUT2D eigenvalue weighted by molar-refractivity contribution is 5.20. The number of likely N-dealkylation sites (N-methyl/N-ethyl adjacent to an activating group) is 1. The summed E-state index contributed by atoms with van der Waals surface area (Å²) >= 11 is 0. The molecule has 0 saturated carbocycles. The van der Waals surface area contributed by atoms with Gasteiger partial charge < -0.3 is 9.42 Å². The summed E-state index contributed by atoms with van der Waals surface area (Å²) < 4.78 is 32.3. The van der Waals surface area contributed by atoms with E-state index in [1.807, 2.05) is 7.05 Å². The monoisotopic (exact) mass is 308 g/mol. The molecule has 22 heavy (non-hydrogen) atoms. The van der Waals surface area contributed by atoms with Gasteiger partial charge in [0.05, 0.1) is 0 Å². The molecule has 1 aromatic carbocycles. The van der Waals surface area contributed by atoms with Crippen LogP contribution >= 0.6 is 0 Å². The zero-order chi connectivity index (χ0) is 15.7. The number of benzene rings is 1. The minimum Gasteiger partial charge on any atom is -0.383 e. The minimum absolute atomic E-state index is 0.0789. The molecule has 4 nitrogen and oxygen atoms in total. The van der Waals surface area contributed by atoms with E-state index in [-0.39, 0.29) is 23.3 Å². The minimum atomic E-state index is -0.428. The topological polar surface area (TPSA) is 49.2 Å². The molecule has 3 rings (SSSR count). The van der Waals surface area contributed by atoms with Crippen molar-refractivity contribution in [2.75, 3.05) is 13.6 Å². The number of nitrogens with zero attached hydrogens (tertiary/aromatic N) is 1. The third-order valence-electron chi connectivity index (χ3n) is 4.42. The fourth-order valence-electron chi connectivity index (χ4n) is 3.12. The number of likely N-dealkylation sites (tertiary alicyclic amines) is 1. The Bertz CT molecular complexity index is 710. The molecule has 1 fully saturated rings. The third kappa shape index (κ3) is 3.11. The van der Waals surface area contributed by atoms with Crippen LogP contribution in [0.15, 0.2) is 33.6 Å². The number of halogens is 2. The van der Waals surface area contributed by atoms with Crippen molar-refractivity contribution in [1.82, 2.24) is 10.1 Å². The van der Waals surface area contributed by atoms with Gasteiger partial charge in [0.15, 0.2) is 0 Å². The highest BCUT2D eigenvalue weighted by Gasteiger charge is 2.29. The molecule has 0 unspecified atom stereocenters. The SMILES string of the molecule is CN1CC[C@H](c2cc(=O)[nH]o2)C[C@H]1Cc1cc(F)ccc1F. The first kappa shape index (κ1) is 15.0. The zero-order valence-electron chi connectivity index (χ0n) is 12.3. The molecule has 2 atom stereocenters. The van der Waals surface area contributed by atoms with Gasteiger partial charge in [0.1, 0.15) is 17.4 Å². The number of hydrogen-bond donors (Lipinski definition) is 1. The molecule has 1 saturated heterocycles. The lowest BCUT2D eigenvalue weighted by molar-refractivity contribution is 0.155. The summed E-state index contributed by atoms with van der Waals surface area (Å²) in [7, 11) is 1.98.